The number of hydrogen-bond acceptors (Lipinski definition) is 6. The molecule has 7 nitrogen and oxygen atoms in total. The van der Waals surface area contributed by atoms with Gasteiger partial charge in [-0.15, -0.1) is 0 Å². The molecule has 0 saturated carbocycles. The second kappa shape index (κ2) is 11.7. The van der Waals surface area contributed by atoms with E-state index < -0.39 is 24.3 Å². The maximum absolute atomic E-state index is 12.0. The zero-order valence-corrected chi connectivity index (χ0v) is 16.7. The van der Waals surface area contributed by atoms with Crippen molar-refractivity contribution in [1.29, 1.82) is 0 Å². The van der Waals surface area contributed by atoms with Crippen molar-refractivity contribution in [2.45, 2.75) is 32.5 Å². The molecular formula is C21H22ClNO6. The summed E-state index contributed by atoms with van der Waals surface area (Å²) in [7, 11) is 0. The van der Waals surface area contributed by atoms with Gasteiger partial charge >= 0.3 is 18.0 Å². The van der Waals surface area contributed by atoms with Crippen LogP contribution in [0, 0.1) is 0 Å². The van der Waals surface area contributed by atoms with Crippen LogP contribution in [0.1, 0.15) is 36.5 Å². The van der Waals surface area contributed by atoms with Crippen LogP contribution in [0.3, 0.4) is 0 Å². The number of hydrogen-bond donors (Lipinski definition) is 1. The summed E-state index contributed by atoms with van der Waals surface area (Å²) >= 11 is 5.77. The summed E-state index contributed by atoms with van der Waals surface area (Å²) in [6.07, 6.45) is -0.952. The molecule has 2 aromatic rings. The summed E-state index contributed by atoms with van der Waals surface area (Å²) in [5, 5.41) is 3.06. The minimum atomic E-state index is -1.00. The smallest absolute Gasteiger partial charge is 0.410 e. The molecule has 1 N–H and O–H groups in total. The number of carbonyl (C=O) groups is 3. The average molecular weight is 420 g/mol. The Kier molecular flexibility index (Phi) is 8.98. The van der Waals surface area contributed by atoms with Crippen LogP contribution in [-0.2, 0) is 14.3 Å². The largest absolute Gasteiger partial charge is 0.427 e. The Hall–Kier alpha value is -3.06. The van der Waals surface area contributed by atoms with Gasteiger partial charge in [0.15, 0.2) is 0 Å². The van der Waals surface area contributed by atoms with E-state index in [9.17, 15) is 14.4 Å². The predicted molar refractivity (Wildman–Crippen MR) is 107 cm³/mol. The lowest BCUT2D eigenvalue weighted by molar-refractivity contribution is -0.134. The molecule has 2 aromatic carbocycles. The summed E-state index contributed by atoms with van der Waals surface area (Å²) in [5.74, 6) is -0.598. The first-order valence-corrected chi connectivity index (χ1v) is 9.52. The zero-order valence-electron chi connectivity index (χ0n) is 15.9. The topological polar surface area (TPSA) is 90.9 Å². The van der Waals surface area contributed by atoms with Crippen molar-refractivity contribution in [3.05, 3.63) is 65.2 Å². The summed E-state index contributed by atoms with van der Waals surface area (Å²) in [6, 6.07) is 14.9. The monoisotopic (exact) mass is 419 g/mol. The fraction of sp³-hybridized carbons (Fsp3) is 0.286. The van der Waals surface area contributed by atoms with Gasteiger partial charge in [0.05, 0.1) is 5.56 Å². The van der Waals surface area contributed by atoms with Crippen molar-refractivity contribution < 1.29 is 28.6 Å². The number of benzene rings is 2. The molecule has 0 heterocycles. The summed E-state index contributed by atoms with van der Waals surface area (Å²) in [4.78, 5) is 35.6. The standard InChI is InChI=1S/C21H22ClNO6/c1-2-19(28-20(25)15-7-4-3-5-8-15)29-21(26)23-14-6-9-18(24)27-17-12-10-16(22)11-13-17/h3-5,7-8,10-13,19H,2,6,9,14H2,1H3,(H,23,26). The van der Waals surface area contributed by atoms with E-state index in [-0.39, 0.29) is 13.0 Å². The number of amides is 1. The van der Waals surface area contributed by atoms with Crippen molar-refractivity contribution in [3.8, 4) is 5.75 Å². The third-order valence-corrected chi connectivity index (χ3v) is 3.94. The van der Waals surface area contributed by atoms with Crippen LogP contribution < -0.4 is 10.1 Å². The minimum Gasteiger partial charge on any atom is -0.427 e. The van der Waals surface area contributed by atoms with E-state index in [2.05, 4.69) is 5.32 Å². The molecule has 0 aliphatic carbocycles. The van der Waals surface area contributed by atoms with E-state index in [0.29, 0.717) is 29.2 Å². The second-order valence-corrected chi connectivity index (χ2v) is 6.41. The van der Waals surface area contributed by atoms with Crippen LogP contribution in [0.15, 0.2) is 54.6 Å². The van der Waals surface area contributed by atoms with Crippen LogP contribution >= 0.6 is 11.6 Å². The van der Waals surface area contributed by atoms with E-state index in [4.69, 9.17) is 25.8 Å². The van der Waals surface area contributed by atoms with Crippen LogP contribution in [0.2, 0.25) is 5.02 Å². The van der Waals surface area contributed by atoms with E-state index in [1.165, 1.54) is 0 Å². The van der Waals surface area contributed by atoms with Gasteiger partial charge in [-0.3, -0.25) is 4.79 Å². The Bertz CT molecular complexity index is 810. The second-order valence-electron chi connectivity index (χ2n) is 5.97. The highest BCUT2D eigenvalue weighted by atomic mass is 35.5. The molecule has 154 valence electrons. The molecular weight excluding hydrogens is 398 g/mol. The van der Waals surface area contributed by atoms with Crippen molar-refractivity contribution in [3.63, 3.8) is 0 Å². The number of nitrogens with one attached hydrogen (secondary N) is 1. The Morgan fingerprint density at radius 3 is 2.34 bits per heavy atom. The number of ether oxygens (including phenoxy) is 3. The number of carbonyl (C=O) groups excluding carboxylic acids is 3. The lowest BCUT2D eigenvalue weighted by Gasteiger charge is -2.17. The molecule has 8 heteroatoms. The van der Waals surface area contributed by atoms with E-state index in [1.807, 2.05) is 0 Å². The molecule has 1 unspecified atom stereocenters. The van der Waals surface area contributed by atoms with E-state index in [1.54, 1.807) is 61.5 Å². The number of esters is 2. The molecule has 0 bridgehead atoms. The Morgan fingerprint density at radius 1 is 1.00 bits per heavy atom. The molecule has 2 rings (SSSR count). The molecule has 1 atom stereocenters. The predicted octanol–water partition coefficient (Wildman–Crippen LogP) is 4.34. The highest BCUT2D eigenvalue weighted by molar-refractivity contribution is 6.30. The molecule has 0 spiro atoms. The molecule has 29 heavy (non-hydrogen) atoms. The summed E-state index contributed by atoms with van der Waals surface area (Å²) in [5.41, 5.74) is 0.370. The minimum absolute atomic E-state index is 0.114. The summed E-state index contributed by atoms with van der Waals surface area (Å²) < 4.78 is 15.4. The van der Waals surface area contributed by atoms with Crippen molar-refractivity contribution in [2.24, 2.45) is 0 Å². The normalized spacial score (nSPS) is 11.2. The molecule has 0 aliphatic heterocycles. The van der Waals surface area contributed by atoms with Gasteiger partial charge in [0.2, 0.25) is 6.29 Å². The van der Waals surface area contributed by atoms with Crippen molar-refractivity contribution in [2.75, 3.05) is 6.54 Å². The quantitative estimate of drug-likeness (QED) is 0.281. The van der Waals surface area contributed by atoms with Crippen LogP contribution in [0.25, 0.3) is 0 Å². The van der Waals surface area contributed by atoms with Gasteiger partial charge in [-0.2, -0.15) is 0 Å². The average Bonchev–Trinajstić information content (AvgIpc) is 2.73. The van der Waals surface area contributed by atoms with E-state index in [0.717, 1.165) is 0 Å². The molecule has 0 saturated heterocycles. The lowest BCUT2D eigenvalue weighted by atomic mass is 10.2. The van der Waals surface area contributed by atoms with E-state index >= 15 is 0 Å². The number of halogens is 1. The molecule has 0 aliphatic rings. The first-order chi connectivity index (χ1) is 14.0. The molecule has 1 amide bonds. The molecule has 0 aromatic heterocycles. The Morgan fingerprint density at radius 2 is 1.69 bits per heavy atom. The Balaban J connectivity index is 1.65. The lowest BCUT2D eigenvalue weighted by Crippen LogP contribution is -2.32. The maximum atomic E-state index is 12.0. The van der Waals surface area contributed by atoms with Gasteiger partial charge in [0.25, 0.3) is 0 Å². The van der Waals surface area contributed by atoms with Gasteiger partial charge in [-0.05, 0) is 42.8 Å². The van der Waals surface area contributed by atoms with Gasteiger partial charge in [-0.1, -0.05) is 36.7 Å². The zero-order chi connectivity index (χ0) is 21.1. The first-order valence-electron chi connectivity index (χ1n) is 9.14. The molecule has 0 radical (unpaired) electrons. The van der Waals surface area contributed by atoms with Crippen LogP contribution in [0.4, 0.5) is 4.79 Å². The number of alkyl carbamates (subject to hydrolysis) is 1. The summed E-state index contributed by atoms with van der Waals surface area (Å²) in [6.45, 7) is 1.93. The van der Waals surface area contributed by atoms with Crippen LogP contribution in [0.5, 0.6) is 5.75 Å². The third-order valence-electron chi connectivity index (χ3n) is 3.69. The van der Waals surface area contributed by atoms with Crippen LogP contribution in [-0.4, -0.2) is 30.9 Å². The van der Waals surface area contributed by atoms with Crippen molar-refractivity contribution in [1.82, 2.24) is 5.32 Å². The maximum Gasteiger partial charge on any atom is 0.410 e. The molecule has 0 fully saturated rings. The third kappa shape index (κ3) is 8.23. The van der Waals surface area contributed by atoms with Crippen molar-refractivity contribution >= 4 is 29.6 Å². The van der Waals surface area contributed by atoms with Gasteiger partial charge < -0.3 is 19.5 Å². The SMILES string of the molecule is CCC(OC(=O)NCCCC(=O)Oc1ccc(Cl)cc1)OC(=O)c1ccccc1. The van der Waals surface area contributed by atoms with Gasteiger partial charge in [0.1, 0.15) is 5.75 Å². The Labute approximate surface area is 173 Å². The van der Waals surface area contributed by atoms with Gasteiger partial charge in [0, 0.05) is 24.4 Å². The first kappa shape index (κ1) is 22.2. The fourth-order valence-electron chi connectivity index (χ4n) is 2.22. The fourth-order valence-corrected chi connectivity index (χ4v) is 2.35. The highest BCUT2D eigenvalue weighted by Gasteiger charge is 2.18. The number of rotatable bonds is 9. The van der Waals surface area contributed by atoms with Gasteiger partial charge in [-0.25, -0.2) is 9.59 Å². The highest BCUT2D eigenvalue weighted by Crippen LogP contribution is 2.16.